The van der Waals surface area contributed by atoms with Crippen LogP contribution in [0.1, 0.15) is 37.0 Å². The van der Waals surface area contributed by atoms with Crippen LogP contribution in [-0.4, -0.2) is 5.91 Å². The molecule has 0 unspecified atom stereocenters. The molecule has 0 saturated carbocycles. The Bertz CT molecular complexity index is 369. The third-order valence-electron chi connectivity index (χ3n) is 2.38. The predicted octanol–water partition coefficient (Wildman–Crippen LogP) is 3.21. The van der Waals surface area contributed by atoms with E-state index < -0.39 is 0 Å². The van der Waals surface area contributed by atoms with Gasteiger partial charge >= 0.3 is 0 Å². The predicted molar refractivity (Wildman–Crippen MR) is 64.2 cm³/mol. The first-order valence-corrected chi connectivity index (χ1v) is 5.42. The van der Waals surface area contributed by atoms with Crippen LogP contribution in [0.3, 0.4) is 0 Å². The summed E-state index contributed by atoms with van der Waals surface area (Å²) < 4.78 is 0. The zero-order valence-electron chi connectivity index (χ0n) is 9.98. The normalized spacial score (nSPS) is 10.1. The second-order valence-corrected chi connectivity index (χ2v) is 4.05. The maximum absolute atomic E-state index is 11.1. The van der Waals surface area contributed by atoms with Crippen LogP contribution in [0.2, 0.25) is 0 Å². The lowest BCUT2D eigenvalue weighted by Crippen LogP contribution is -2.10. The summed E-state index contributed by atoms with van der Waals surface area (Å²) in [7, 11) is 0. The zero-order valence-corrected chi connectivity index (χ0v) is 9.98. The number of benzene rings is 1. The lowest BCUT2D eigenvalue weighted by molar-refractivity contribution is -0.114. The molecule has 1 aromatic carbocycles. The smallest absolute Gasteiger partial charge is 0.221 e. The molecule has 1 rings (SSSR count). The first-order valence-electron chi connectivity index (χ1n) is 5.42. The van der Waals surface area contributed by atoms with Gasteiger partial charge in [0.05, 0.1) is 0 Å². The van der Waals surface area contributed by atoms with E-state index in [0.29, 0.717) is 0 Å². The number of anilines is 1. The number of amides is 1. The van der Waals surface area contributed by atoms with Crippen molar-refractivity contribution in [1.82, 2.24) is 0 Å². The van der Waals surface area contributed by atoms with Crippen molar-refractivity contribution >= 4 is 11.6 Å². The number of rotatable bonds is 3. The molecule has 0 spiro atoms. The van der Waals surface area contributed by atoms with E-state index in [2.05, 4.69) is 31.3 Å². The summed E-state index contributed by atoms with van der Waals surface area (Å²) in [6, 6.07) is 4.26. The van der Waals surface area contributed by atoms with Crippen molar-refractivity contribution in [2.45, 2.75) is 40.5 Å². The highest BCUT2D eigenvalue weighted by molar-refractivity contribution is 5.90. The molecule has 1 aromatic rings. The number of carbonyl (C=O) groups is 1. The second kappa shape index (κ2) is 4.96. The third-order valence-corrected chi connectivity index (χ3v) is 2.38. The molecule has 82 valence electrons. The lowest BCUT2D eigenvalue weighted by atomic mass is 10.0. The molecular weight excluding hydrogens is 186 g/mol. The van der Waals surface area contributed by atoms with E-state index >= 15 is 0 Å². The summed E-state index contributed by atoms with van der Waals surface area (Å²) in [6.45, 7) is 7.82. The van der Waals surface area contributed by atoms with Gasteiger partial charge < -0.3 is 5.32 Å². The van der Waals surface area contributed by atoms with Crippen LogP contribution in [0.4, 0.5) is 5.69 Å². The molecule has 2 heteroatoms. The summed E-state index contributed by atoms with van der Waals surface area (Å²) in [5.41, 5.74) is 4.64. The Kier molecular flexibility index (Phi) is 3.89. The van der Waals surface area contributed by atoms with Crippen molar-refractivity contribution in [3.63, 3.8) is 0 Å². The molecule has 0 heterocycles. The quantitative estimate of drug-likeness (QED) is 0.806. The number of nitrogens with one attached hydrogen (secondary N) is 1. The van der Waals surface area contributed by atoms with Gasteiger partial charge in [-0.25, -0.2) is 0 Å². The standard InChI is InChI=1S/C13H19NO/c1-5-6-12-8-9(2)7-10(3)13(12)14-11(4)15/h7-8H,5-6H2,1-4H3,(H,14,15). The largest absolute Gasteiger partial charge is 0.326 e. The van der Waals surface area contributed by atoms with Gasteiger partial charge in [0, 0.05) is 12.6 Å². The molecule has 1 N–H and O–H groups in total. The minimum Gasteiger partial charge on any atom is -0.326 e. The van der Waals surface area contributed by atoms with E-state index in [9.17, 15) is 4.79 Å². The zero-order chi connectivity index (χ0) is 11.4. The molecule has 2 nitrogen and oxygen atoms in total. The highest BCUT2D eigenvalue weighted by atomic mass is 16.1. The molecular formula is C13H19NO. The Morgan fingerprint density at radius 1 is 1.33 bits per heavy atom. The first kappa shape index (κ1) is 11.8. The van der Waals surface area contributed by atoms with E-state index in [1.807, 2.05) is 6.92 Å². The van der Waals surface area contributed by atoms with E-state index in [4.69, 9.17) is 0 Å². The van der Waals surface area contributed by atoms with E-state index in [0.717, 1.165) is 24.1 Å². The van der Waals surface area contributed by atoms with E-state index in [-0.39, 0.29) is 5.91 Å². The Morgan fingerprint density at radius 3 is 2.53 bits per heavy atom. The highest BCUT2D eigenvalue weighted by Gasteiger charge is 2.07. The molecule has 0 radical (unpaired) electrons. The topological polar surface area (TPSA) is 29.1 Å². The van der Waals surface area contributed by atoms with Crippen LogP contribution in [0.5, 0.6) is 0 Å². The Morgan fingerprint density at radius 2 is 2.00 bits per heavy atom. The van der Waals surface area contributed by atoms with Crippen molar-refractivity contribution in [1.29, 1.82) is 0 Å². The molecule has 0 aliphatic rings. The summed E-state index contributed by atoms with van der Waals surface area (Å²) in [5, 5.41) is 2.91. The Balaban J connectivity index is 3.14. The van der Waals surface area contributed by atoms with Crippen molar-refractivity contribution in [3.05, 3.63) is 28.8 Å². The Labute approximate surface area is 91.7 Å². The fourth-order valence-electron chi connectivity index (χ4n) is 1.88. The molecule has 1 amide bonds. The van der Waals surface area contributed by atoms with Gasteiger partial charge in [-0.3, -0.25) is 4.79 Å². The average Bonchev–Trinajstić information content (AvgIpc) is 2.11. The minimum atomic E-state index is -0.000642. The van der Waals surface area contributed by atoms with Gasteiger partial charge in [0.2, 0.25) is 5.91 Å². The van der Waals surface area contributed by atoms with Crippen LogP contribution in [-0.2, 0) is 11.2 Å². The molecule has 0 atom stereocenters. The van der Waals surface area contributed by atoms with Gasteiger partial charge in [-0.15, -0.1) is 0 Å². The number of hydrogen-bond donors (Lipinski definition) is 1. The first-order chi connectivity index (χ1) is 7.04. The third kappa shape index (κ3) is 3.08. The van der Waals surface area contributed by atoms with Gasteiger partial charge in [0.15, 0.2) is 0 Å². The lowest BCUT2D eigenvalue weighted by Gasteiger charge is -2.13. The summed E-state index contributed by atoms with van der Waals surface area (Å²) in [5.74, 6) is -0.000642. The molecule has 0 bridgehead atoms. The number of aryl methyl sites for hydroxylation is 3. The highest BCUT2D eigenvalue weighted by Crippen LogP contribution is 2.24. The van der Waals surface area contributed by atoms with Crippen LogP contribution in [0.25, 0.3) is 0 Å². The average molecular weight is 205 g/mol. The van der Waals surface area contributed by atoms with Gasteiger partial charge in [0.1, 0.15) is 0 Å². The second-order valence-electron chi connectivity index (χ2n) is 4.05. The molecule has 0 aliphatic heterocycles. The van der Waals surface area contributed by atoms with Crippen LogP contribution < -0.4 is 5.32 Å². The van der Waals surface area contributed by atoms with Crippen molar-refractivity contribution < 1.29 is 4.79 Å². The van der Waals surface area contributed by atoms with Crippen LogP contribution in [0.15, 0.2) is 12.1 Å². The van der Waals surface area contributed by atoms with Crippen LogP contribution >= 0.6 is 0 Å². The van der Waals surface area contributed by atoms with Crippen molar-refractivity contribution in [3.8, 4) is 0 Å². The fourth-order valence-corrected chi connectivity index (χ4v) is 1.88. The van der Waals surface area contributed by atoms with E-state index in [1.54, 1.807) is 6.92 Å². The molecule has 0 saturated heterocycles. The van der Waals surface area contributed by atoms with E-state index in [1.165, 1.54) is 11.1 Å². The molecule has 0 fully saturated rings. The maximum atomic E-state index is 11.1. The van der Waals surface area contributed by atoms with Crippen molar-refractivity contribution in [2.24, 2.45) is 0 Å². The summed E-state index contributed by atoms with van der Waals surface area (Å²) in [4.78, 5) is 11.1. The van der Waals surface area contributed by atoms with Gasteiger partial charge in [-0.1, -0.05) is 31.0 Å². The molecule has 0 aromatic heterocycles. The van der Waals surface area contributed by atoms with Gasteiger partial charge in [0.25, 0.3) is 0 Å². The van der Waals surface area contributed by atoms with Gasteiger partial charge in [-0.05, 0) is 31.4 Å². The van der Waals surface area contributed by atoms with Crippen LogP contribution in [0, 0.1) is 13.8 Å². The molecule has 15 heavy (non-hydrogen) atoms. The SMILES string of the molecule is CCCc1cc(C)cc(C)c1NC(C)=O. The Hall–Kier alpha value is -1.31. The van der Waals surface area contributed by atoms with Gasteiger partial charge in [-0.2, -0.15) is 0 Å². The maximum Gasteiger partial charge on any atom is 0.221 e. The number of hydrogen-bond acceptors (Lipinski definition) is 1. The molecule has 0 aliphatic carbocycles. The minimum absolute atomic E-state index is 0.000642. The number of carbonyl (C=O) groups excluding carboxylic acids is 1. The van der Waals surface area contributed by atoms with Crippen molar-refractivity contribution in [2.75, 3.05) is 5.32 Å². The summed E-state index contributed by atoms with van der Waals surface area (Å²) >= 11 is 0. The monoisotopic (exact) mass is 205 g/mol. The fraction of sp³-hybridized carbons (Fsp3) is 0.462. The summed E-state index contributed by atoms with van der Waals surface area (Å²) in [6.07, 6.45) is 2.10.